The Morgan fingerprint density at radius 2 is 1.74 bits per heavy atom. The van der Waals surface area contributed by atoms with Gasteiger partial charge >= 0.3 is 5.69 Å². The van der Waals surface area contributed by atoms with Crippen LogP contribution in [0.15, 0.2) is 47.3 Å². The first-order valence-electron chi connectivity index (χ1n) is 5.66. The molecular weight excluding hydrogens is 355 g/mol. The molecular formula is C14H9IN2O2. The molecule has 94 valence electrons. The SMILES string of the molecule is O=C(c1ccc2[nH]c(=O)[nH]c2c1)c1ccccc1I. The molecule has 2 aromatic carbocycles. The van der Waals surface area contributed by atoms with Crippen molar-refractivity contribution < 1.29 is 4.79 Å². The molecule has 0 unspecified atom stereocenters. The second-order valence-corrected chi connectivity index (χ2v) is 5.31. The van der Waals surface area contributed by atoms with Crippen LogP contribution in [0.1, 0.15) is 15.9 Å². The molecule has 3 aromatic rings. The number of ketones is 1. The summed E-state index contributed by atoms with van der Waals surface area (Å²) in [6, 6.07) is 12.6. The van der Waals surface area contributed by atoms with E-state index in [4.69, 9.17) is 0 Å². The number of hydrogen-bond donors (Lipinski definition) is 2. The van der Waals surface area contributed by atoms with E-state index >= 15 is 0 Å². The molecule has 19 heavy (non-hydrogen) atoms. The van der Waals surface area contributed by atoms with E-state index in [0.29, 0.717) is 22.2 Å². The van der Waals surface area contributed by atoms with Gasteiger partial charge in [0, 0.05) is 14.7 Å². The summed E-state index contributed by atoms with van der Waals surface area (Å²) in [5, 5.41) is 0. The molecule has 5 heteroatoms. The van der Waals surface area contributed by atoms with Gasteiger partial charge in [-0.1, -0.05) is 12.1 Å². The van der Waals surface area contributed by atoms with Gasteiger partial charge in [0.15, 0.2) is 5.78 Å². The van der Waals surface area contributed by atoms with Crippen LogP contribution in [0, 0.1) is 3.57 Å². The van der Waals surface area contributed by atoms with Gasteiger partial charge in [-0.2, -0.15) is 0 Å². The van der Waals surface area contributed by atoms with Gasteiger partial charge in [0.25, 0.3) is 0 Å². The fourth-order valence-corrected chi connectivity index (χ4v) is 2.61. The maximum absolute atomic E-state index is 12.4. The minimum Gasteiger partial charge on any atom is -0.306 e. The highest BCUT2D eigenvalue weighted by Crippen LogP contribution is 2.18. The van der Waals surface area contributed by atoms with Gasteiger partial charge in [0.1, 0.15) is 0 Å². The van der Waals surface area contributed by atoms with Gasteiger partial charge in [0.05, 0.1) is 11.0 Å². The molecule has 0 aliphatic carbocycles. The second-order valence-electron chi connectivity index (χ2n) is 4.15. The normalized spacial score (nSPS) is 10.8. The van der Waals surface area contributed by atoms with Crippen molar-refractivity contribution in [2.45, 2.75) is 0 Å². The largest absolute Gasteiger partial charge is 0.323 e. The first-order chi connectivity index (χ1) is 9.15. The third-order valence-electron chi connectivity index (χ3n) is 2.90. The summed E-state index contributed by atoms with van der Waals surface area (Å²) in [6.07, 6.45) is 0. The number of benzene rings is 2. The van der Waals surface area contributed by atoms with Crippen LogP contribution in [0.2, 0.25) is 0 Å². The Morgan fingerprint density at radius 1 is 1.00 bits per heavy atom. The van der Waals surface area contributed by atoms with Crippen molar-refractivity contribution in [3.05, 3.63) is 67.6 Å². The number of imidazole rings is 1. The predicted octanol–water partition coefficient (Wildman–Crippen LogP) is 2.69. The lowest BCUT2D eigenvalue weighted by atomic mass is 10.0. The van der Waals surface area contributed by atoms with Crippen LogP contribution in [0.3, 0.4) is 0 Å². The molecule has 0 bridgehead atoms. The monoisotopic (exact) mass is 364 g/mol. The average molecular weight is 364 g/mol. The zero-order valence-electron chi connectivity index (χ0n) is 9.74. The lowest BCUT2D eigenvalue weighted by Crippen LogP contribution is -2.03. The number of aromatic nitrogens is 2. The van der Waals surface area contributed by atoms with Crippen LogP contribution in [0.25, 0.3) is 11.0 Å². The van der Waals surface area contributed by atoms with E-state index < -0.39 is 0 Å². The Hall–Kier alpha value is -1.89. The van der Waals surface area contributed by atoms with Gasteiger partial charge < -0.3 is 9.97 Å². The Balaban J connectivity index is 2.11. The summed E-state index contributed by atoms with van der Waals surface area (Å²) in [4.78, 5) is 28.9. The minimum atomic E-state index is -0.270. The number of nitrogens with one attached hydrogen (secondary N) is 2. The van der Waals surface area contributed by atoms with E-state index in [1.165, 1.54) is 0 Å². The molecule has 0 atom stereocenters. The lowest BCUT2D eigenvalue weighted by Gasteiger charge is -2.03. The van der Waals surface area contributed by atoms with Crippen LogP contribution in [-0.2, 0) is 0 Å². The van der Waals surface area contributed by atoms with Crippen molar-refractivity contribution in [1.29, 1.82) is 0 Å². The summed E-state index contributed by atoms with van der Waals surface area (Å²) in [7, 11) is 0. The van der Waals surface area contributed by atoms with E-state index in [1.54, 1.807) is 24.3 Å². The Morgan fingerprint density at radius 3 is 2.53 bits per heavy atom. The van der Waals surface area contributed by atoms with Crippen LogP contribution in [0.5, 0.6) is 0 Å². The van der Waals surface area contributed by atoms with Crippen molar-refractivity contribution in [3.8, 4) is 0 Å². The van der Waals surface area contributed by atoms with Gasteiger partial charge in [-0.3, -0.25) is 4.79 Å². The number of hydrogen-bond acceptors (Lipinski definition) is 2. The molecule has 0 saturated heterocycles. The van der Waals surface area contributed by atoms with Crippen LogP contribution in [-0.4, -0.2) is 15.8 Å². The molecule has 3 rings (SSSR count). The Kier molecular flexibility index (Phi) is 2.98. The third kappa shape index (κ3) is 2.21. The quantitative estimate of drug-likeness (QED) is 0.543. The molecule has 1 aromatic heterocycles. The molecule has 0 amide bonds. The van der Waals surface area contributed by atoms with Crippen LogP contribution < -0.4 is 5.69 Å². The number of H-pyrrole nitrogens is 2. The number of carbonyl (C=O) groups excluding carboxylic acids is 1. The van der Waals surface area contributed by atoms with Gasteiger partial charge in [0.2, 0.25) is 0 Å². The van der Waals surface area contributed by atoms with Crippen molar-refractivity contribution in [2.75, 3.05) is 0 Å². The summed E-state index contributed by atoms with van der Waals surface area (Å²) < 4.78 is 0.910. The highest BCUT2D eigenvalue weighted by Gasteiger charge is 2.12. The molecule has 0 radical (unpaired) electrons. The van der Waals surface area contributed by atoms with Crippen LogP contribution >= 0.6 is 22.6 Å². The molecule has 0 aliphatic rings. The lowest BCUT2D eigenvalue weighted by molar-refractivity contribution is 0.103. The molecule has 2 N–H and O–H groups in total. The maximum atomic E-state index is 12.4. The van der Waals surface area contributed by atoms with Gasteiger partial charge in [-0.15, -0.1) is 0 Å². The zero-order chi connectivity index (χ0) is 13.4. The van der Waals surface area contributed by atoms with Crippen molar-refractivity contribution in [1.82, 2.24) is 9.97 Å². The highest BCUT2D eigenvalue weighted by atomic mass is 127. The average Bonchev–Trinajstić information content (AvgIpc) is 2.77. The van der Waals surface area contributed by atoms with E-state index in [-0.39, 0.29) is 11.5 Å². The first-order valence-corrected chi connectivity index (χ1v) is 6.74. The predicted molar refractivity (Wildman–Crippen MR) is 81.5 cm³/mol. The second kappa shape index (κ2) is 4.65. The number of carbonyl (C=O) groups is 1. The van der Waals surface area contributed by atoms with Crippen LogP contribution in [0.4, 0.5) is 0 Å². The molecule has 0 spiro atoms. The number of halogens is 1. The Labute approximate surface area is 122 Å². The van der Waals surface area contributed by atoms with E-state index in [2.05, 4.69) is 32.6 Å². The molecule has 1 heterocycles. The Bertz CT molecular complexity index is 833. The topological polar surface area (TPSA) is 65.7 Å². The summed E-state index contributed by atoms with van der Waals surface area (Å²) in [5.74, 6) is -0.0473. The van der Waals surface area contributed by atoms with E-state index in [1.807, 2.05) is 18.2 Å². The minimum absolute atomic E-state index is 0.0473. The van der Waals surface area contributed by atoms with E-state index in [0.717, 1.165) is 3.57 Å². The number of aromatic amines is 2. The van der Waals surface area contributed by atoms with E-state index in [9.17, 15) is 9.59 Å². The van der Waals surface area contributed by atoms with Gasteiger partial charge in [-0.25, -0.2) is 4.79 Å². The first kappa shape index (κ1) is 12.2. The smallest absolute Gasteiger partial charge is 0.306 e. The third-order valence-corrected chi connectivity index (χ3v) is 3.84. The molecule has 0 fully saturated rings. The molecule has 0 aliphatic heterocycles. The fraction of sp³-hybridized carbons (Fsp3) is 0. The van der Waals surface area contributed by atoms with Crippen molar-refractivity contribution in [2.24, 2.45) is 0 Å². The highest BCUT2D eigenvalue weighted by molar-refractivity contribution is 14.1. The summed E-state index contributed by atoms with van der Waals surface area (Å²) in [6.45, 7) is 0. The fourth-order valence-electron chi connectivity index (χ4n) is 1.97. The van der Waals surface area contributed by atoms with Crippen molar-refractivity contribution >= 4 is 39.4 Å². The number of rotatable bonds is 2. The molecule has 0 saturated carbocycles. The standard InChI is InChI=1S/C14H9IN2O2/c15-10-4-2-1-3-9(10)13(18)8-5-6-11-12(7-8)17-14(19)16-11/h1-7H,(H2,16,17,19). The molecule has 4 nitrogen and oxygen atoms in total. The van der Waals surface area contributed by atoms with Gasteiger partial charge in [-0.05, 0) is 52.9 Å². The summed E-state index contributed by atoms with van der Waals surface area (Å²) in [5.41, 5.74) is 2.30. The van der Waals surface area contributed by atoms with Crippen molar-refractivity contribution in [3.63, 3.8) is 0 Å². The zero-order valence-corrected chi connectivity index (χ0v) is 11.9. The summed E-state index contributed by atoms with van der Waals surface area (Å²) >= 11 is 2.14. The number of fused-ring (bicyclic) bond motifs is 1. The maximum Gasteiger partial charge on any atom is 0.323 e.